The number of carbonyl (C=O) groups is 3. The highest BCUT2D eigenvalue weighted by atomic mass is 16.7. The summed E-state index contributed by atoms with van der Waals surface area (Å²) in [6.45, 7) is 9.71. The fourth-order valence-corrected chi connectivity index (χ4v) is 13.4. The minimum Gasteiger partial charge on any atom is -0.469 e. The number of unbranched alkanes of at least 4 members (excludes halogenated alkanes) is 1. The summed E-state index contributed by atoms with van der Waals surface area (Å²) in [6.07, 6.45) is 4.28. The molecule has 14 atom stereocenters. The fraction of sp³-hybridized carbons (Fsp3) is 0.816. The number of rotatable bonds is 9. The average molecular weight is 697 g/mol. The van der Waals surface area contributed by atoms with E-state index in [1.165, 1.54) is 0 Å². The van der Waals surface area contributed by atoms with Crippen molar-refractivity contribution >= 4 is 17.7 Å². The number of nitrogens with one attached hydrogen (secondary N) is 2. The lowest BCUT2D eigenvalue weighted by molar-refractivity contribution is -0.266. The molecule has 9 rings (SSSR count). The van der Waals surface area contributed by atoms with Crippen molar-refractivity contribution in [2.45, 2.75) is 121 Å². The van der Waals surface area contributed by atoms with Crippen LogP contribution in [0.4, 0.5) is 0 Å². The molecule has 5 saturated heterocycles. The highest BCUT2D eigenvalue weighted by Gasteiger charge is 2.92. The number of epoxide rings is 1. The Hall–Kier alpha value is -2.35. The van der Waals surface area contributed by atoms with Gasteiger partial charge in [-0.05, 0) is 69.8 Å². The molecule has 50 heavy (non-hydrogen) atoms. The molecule has 0 amide bonds. The maximum atomic E-state index is 14.7. The molecule has 8 fully saturated rings. The fourth-order valence-electron chi connectivity index (χ4n) is 13.4. The first-order chi connectivity index (χ1) is 23.8. The third kappa shape index (κ3) is 4.06. The van der Waals surface area contributed by atoms with Crippen LogP contribution in [-0.2, 0) is 39.8 Å². The summed E-state index contributed by atoms with van der Waals surface area (Å²) in [5.41, 5.74) is -4.25. The first-order valence-corrected chi connectivity index (χ1v) is 18.9. The smallest absolute Gasteiger partial charge is 0.339 e. The minimum atomic E-state index is -1.42. The van der Waals surface area contributed by atoms with Gasteiger partial charge in [0.1, 0.15) is 30.2 Å². The number of esters is 2. The van der Waals surface area contributed by atoms with E-state index in [-0.39, 0.29) is 42.7 Å². The summed E-state index contributed by atoms with van der Waals surface area (Å²) in [7, 11) is 0. The molecule has 0 unspecified atom stereocenters. The van der Waals surface area contributed by atoms with E-state index in [9.17, 15) is 24.6 Å². The van der Waals surface area contributed by atoms with Crippen LogP contribution in [0.15, 0.2) is 16.7 Å². The quantitative estimate of drug-likeness (QED) is 0.170. The Kier molecular flexibility index (Phi) is 7.42. The van der Waals surface area contributed by atoms with Gasteiger partial charge in [0.15, 0.2) is 11.9 Å². The molecule has 2 bridgehead atoms. The number of furan rings is 1. The maximum Gasteiger partial charge on any atom is 0.339 e. The molecule has 8 aliphatic rings. The van der Waals surface area contributed by atoms with Crippen LogP contribution >= 0.6 is 0 Å². The summed E-state index contributed by atoms with van der Waals surface area (Å²) in [4.78, 5) is 41.9. The molecule has 1 aromatic heterocycles. The highest BCUT2D eigenvalue weighted by Crippen LogP contribution is 2.82. The van der Waals surface area contributed by atoms with Crippen molar-refractivity contribution in [2.75, 3.05) is 26.4 Å². The van der Waals surface area contributed by atoms with E-state index in [0.29, 0.717) is 37.5 Å². The van der Waals surface area contributed by atoms with Crippen LogP contribution in [0.5, 0.6) is 0 Å². The lowest BCUT2D eigenvalue weighted by atomic mass is 9.34. The van der Waals surface area contributed by atoms with Gasteiger partial charge < -0.3 is 44.2 Å². The van der Waals surface area contributed by atoms with Gasteiger partial charge in [-0.2, -0.15) is 0 Å². The zero-order chi connectivity index (χ0) is 35.0. The van der Waals surface area contributed by atoms with Crippen molar-refractivity contribution in [1.82, 2.24) is 10.6 Å². The van der Waals surface area contributed by atoms with Crippen molar-refractivity contribution < 1.29 is 48.0 Å². The molecule has 3 aliphatic carbocycles. The van der Waals surface area contributed by atoms with Crippen LogP contribution in [0.2, 0.25) is 0 Å². The Morgan fingerprint density at radius 3 is 2.62 bits per heavy atom. The van der Waals surface area contributed by atoms with E-state index in [4.69, 9.17) is 23.4 Å². The van der Waals surface area contributed by atoms with Crippen LogP contribution in [0.3, 0.4) is 0 Å². The van der Waals surface area contributed by atoms with E-state index in [1.54, 1.807) is 6.26 Å². The molecule has 1 aromatic rings. The number of cyclic esters (lactones) is 2. The van der Waals surface area contributed by atoms with Gasteiger partial charge in [-0.3, -0.25) is 9.59 Å². The molecule has 3 saturated carbocycles. The molecular formula is C38H52N2O10. The van der Waals surface area contributed by atoms with Crippen molar-refractivity contribution in [1.29, 1.82) is 0 Å². The number of aliphatic hydroxyl groups is 2. The second kappa shape index (κ2) is 11.1. The van der Waals surface area contributed by atoms with Gasteiger partial charge in [0, 0.05) is 54.1 Å². The molecule has 0 radical (unpaired) electrons. The summed E-state index contributed by atoms with van der Waals surface area (Å²) in [5.74, 6) is -1.99. The van der Waals surface area contributed by atoms with Crippen molar-refractivity contribution in [2.24, 2.45) is 45.8 Å². The van der Waals surface area contributed by atoms with Crippen molar-refractivity contribution in [3.05, 3.63) is 23.7 Å². The lowest BCUT2D eigenvalue weighted by Gasteiger charge is -2.68. The second-order valence-electron chi connectivity index (χ2n) is 17.8. The molecule has 4 N–H and O–H groups in total. The van der Waals surface area contributed by atoms with E-state index in [0.717, 1.165) is 44.5 Å². The predicted octanol–water partition coefficient (Wildman–Crippen LogP) is 2.58. The summed E-state index contributed by atoms with van der Waals surface area (Å²) in [6, 6.07) is 2.35. The third-order valence-electron chi connectivity index (χ3n) is 15.1. The molecule has 5 aliphatic heterocycles. The van der Waals surface area contributed by atoms with Crippen molar-refractivity contribution in [3.8, 4) is 0 Å². The maximum absolute atomic E-state index is 14.7. The van der Waals surface area contributed by atoms with E-state index in [1.807, 2.05) is 26.8 Å². The van der Waals surface area contributed by atoms with Crippen LogP contribution < -0.4 is 10.6 Å². The molecule has 12 nitrogen and oxygen atoms in total. The van der Waals surface area contributed by atoms with E-state index >= 15 is 0 Å². The normalized spacial score (nSPS) is 48.5. The van der Waals surface area contributed by atoms with Gasteiger partial charge in [-0.1, -0.05) is 26.7 Å². The van der Waals surface area contributed by atoms with Crippen LogP contribution in [0, 0.1) is 45.8 Å². The molecule has 6 heterocycles. The number of aliphatic hydroxyl groups excluding tert-OH is 2. The minimum absolute atomic E-state index is 0.0150. The van der Waals surface area contributed by atoms with Gasteiger partial charge in [0.25, 0.3) is 0 Å². The second-order valence-corrected chi connectivity index (χ2v) is 17.8. The largest absolute Gasteiger partial charge is 0.469 e. The Bertz CT molecular complexity index is 1590. The topological polar surface area (TPSA) is 169 Å². The predicted molar refractivity (Wildman–Crippen MR) is 175 cm³/mol. The van der Waals surface area contributed by atoms with Gasteiger partial charge >= 0.3 is 11.9 Å². The molecular weight excluding hydrogens is 644 g/mol. The van der Waals surface area contributed by atoms with Crippen LogP contribution in [0.25, 0.3) is 0 Å². The van der Waals surface area contributed by atoms with Crippen LogP contribution in [0.1, 0.15) is 90.1 Å². The standard InChI is InChI=1S/C38H52N2O10/c1-34(2)27-25(42)28(43)36(4)26-20(9-10-23-30(49-34)37(26,27)17-47-32(23)44)14-35(3)29(48-33(45)31-38(35,36)50-31)22-11-12-46-24(22)13-19(16-41)7-5-6-8-21-15-39-18-40-21/h11-12,19-21,23,26-31,39-41,43H,5-10,13-18H2,1-4H3/t19-,20-,21+,23+,26+,27-,28-,29+,30+,31-,35+,36+,37-,38-/m1/s1. The Labute approximate surface area is 292 Å². The Balaban J connectivity index is 1.08. The van der Waals surface area contributed by atoms with Crippen molar-refractivity contribution in [3.63, 3.8) is 0 Å². The van der Waals surface area contributed by atoms with Crippen LogP contribution in [-0.4, -0.2) is 89.9 Å². The molecule has 2 spiro atoms. The molecule has 0 aromatic carbocycles. The number of Topliss-reactive ketones (excluding diaryl/α,β-unsaturated/α-hetero) is 1. The number of hydrogen-bond acceptors (Lipinski definition) is 12. The number of ether oxygens (including phenoxy) is 4. The lowest BCUT2D eigenvalue weighted by Crippen LogP contribution is -2.77. The summed E-state index contributed by atoms with van der Waals surface area (Å²) >= 11 is 0. The number of ketones is 1. The Morgan fingerprint density at radius 1 is 1.04 bits per heavy atom. The number of carbonyl (C=O) groups excluding carboxylic acids is 3. The Morgan fingerprint density at radius 2 is 1.86 bits per heavy atom. The van der Waals surface area contributed by atoms with Gasteiger partial charge in [-0.25, -0.2) is 4.79 Å². The number of hydrogen-bond donors (Lipinski definition) is 4. The third-order valence-corrected chi connectivity index (χ3v) is 15.1. The monoisotopic (exact) mass is 696 g/mol. The highest BCUT2D eigenvalue weighted by molar-refractivity contribution is 5.92. The van der Waals surface area contributed by atoms with Gasteiger partial charge in [-0.15, -0.1) is 0 Å². The molecule has 274 valence electrons. The summed E-state index contributed by atoms with van der Waals surface area (Å²) in [5, 5.41) is 29.6. The first-order valence-electron chi connectivity index (χ1n) is 18.9. The zero-order valence-electron chi connectivity index (χ0n) is 29.6. The van der Waals surface area contributed by atoms with Gasteiger partial charge in [0.05, 0.1) is 29.8 Å². The van der Waals surface area contributed by atoms with E-state index < -0.39 is 69.7 Å². The SMILES string of the molecule is CC1(C)O[C@H]2[C@@H]3CC[C@@H]4C[C@@]5(C)[C@H](c6ccoc6C[C@H](CO)CCCC[C@H]6CNCN6)OC(=O)[C@H]6O[C@]65[C@]5(C)[C@H](O)C(=O)[C@H]1[C@@]2(COC3=O)[C@@H]45. The first kappa shape index (κ1) is 33.5. The zero-order valence-corrected chi connectivity index (χ0v) is 29.6. The molecule has 12 heteroatoms. The van der Waals surface area contributed by atoms with Gasteiger partial charge in [0.2, 0.25) is 0 Å². The van der Waals surface area contributed by atoms with E-state index in [2.05, 4.69) is 17.6 Å². The summed E-state index contributed by atoms with van der Waals surface area (Å²) < 4.78 is 31.8. The average Bonchev–Trinajstić information content (AvgIpc) is 3.32.